The molecule has 1 aliphatic heterocycles. The van der Waals surface area contributed by atoms with Gasteiger partial charge in [0.2, 0.25) is 5.22 Å². The number of thioether (sulfide) groups is 1. The van der Waals surface area contributed by atoms with Gasteiger partial charge in [-0.15, -0.1) is 11.8 Å². The maximum atomic E-state index is 11.9. The molecule has 2 heterocycles. The molecule has 1 aromatic rings. The predicted octanol–water partition coefficient (Wildman–Crippen LogP) is 1.53. The van der Waals surface area contributed by atoms with E-state index in [1.165, 1.54) is 29.0 Å². The van der Waals surface area contributed by atoms with Crippen LogP contribution >= 0.6 is 23.4 Å². The zero-order valence-corrected chi connectivity index (χ0v) is 9.62. The minimum Gasteiger partial charge on any atom is -0.480 e. The van der Waals surface area contributed by atoms with Gasteiger partial charge < -0.3 is 14.4 Å². The van der Waals surface area contributed by atoms with Crippen LogP contribution in [-0.4, -0.2) is 39.6 Å². The van der Waals surface area contributed by atoms with E-state index in [0.29, 0.717) is 11.6 Å². The molecule has 0 aliphatic carbocycles. The first kappa shape index (κ1) is 11.3. The normalized spacial score (nSPS) is 20.1. The van der Waals surface area contributed by atoms with Crippen LogP contribution in [0.25, 0.3) is 0 Å². The Bertz CT molecular complexity index is 433. The Morgan fingerprint density at radius 2 is 2.38 bits per heavy atom. The van der Waals surface area contributed by atoms with Crippen LogP contribution in [0.1, 0.15) is 10.4 Å². The van der Waals surface area contributed by atoms with Crippen LogP contribution in [0.2, 0.25) is 5.22 Å². The average molecular weight is 262 g/mol. The Hall–Kier alpha value is -1.14. The standard InChI is InChI=1S/C9H8ClNO4S/c10-7-5(1-2-15-7)8(12)11-4-16-3-6(11)9(13)14/h1-2,6H,3-4H2,(H,13,14). The summed E-state index contributed by atoms with van der Waals surface area (Å²) in [6.07, 6.45) is 1.30. The molecule has 1 atom stereocenters. The summed E-state index contributed by atoms with van der Waals surface area (Å²) in [6, 6.07) is 0.649. The second-order valence-corrected chi connectivity index (χ2v) is 4.58. The van der Waals surface area contributed by atoms with Gasteiger partial charge in [-0.2, -0.15) is 0 Å². The molecular weight excluding hydrogens is 254 g/mol. The Balaban J connectivity index is 2.22. The summed E-state index contributed by atoms with van der Waals surface area (Å²) in [6.45, 7) is 0. The number of aliphatic carboxylic acids is 1. The van der Waals surface area contributed by atoms with Crippen molar-refractivity contribution in [1.29, 1.82) is 0 Å². The largest absolute Gasteiger partial charge is 0.480 e. The lowest BCUT2D eigenvalue weighted by Gasteiger charge is -2.19. The molecule has 0 saturated carbocycles. The van der Waals surface area contributed by atoms with Crippen molar-refractivity contribution in [3.05, 3.63) is 23.1 Å². The first-order valence-corrected chi connectivity index (χ1v) is 5.99. The van der Waals surface area contributed by atoms with Crippen molar-refractivity contribution < 1.29 is 19.1 Å². The summed E-state index contributed by atoms with van der Waals surface area (Å²) in [5.41, 5.74) is 0.204. The molecule has 1 unspecified atom stereocenters. The maximum Gasteiger partial charge on any atom is 0.327 e. The molecule has 5 nitrogen and oxygen atoms in total. The number of carboxylic acids is 1. The molecule has 1 fully saturated rings. The maximum absolute atomic E-state index is 11.9. The second-order valence-electron chi connectivity index (χ2n) is 3.24. The molecule has 1 saturated heterocycles. The highest BCUT2D eigenvalue weighted by molar-refractivity contribution is 7.99. The van der Waals surface area contributed by atoms with Crippen LogP contribution in [0.15, 0.2) is 16.7 Å². The summed E-state index contributed by atoms with van der Waals surface area (Å²) < 4.78 is 4.80. The molecule has 1 N–H and O–H groups in total. The van der Waals surface area contributed by atoms with E-state index in [9.17, 15) is 9.59 Å². The van der Waals surface area contributed by atoms with E-state index in [1.807, 2.05) is 0 Å². The number of amides is 1. The van der Waals surface area contributed by atoms with E-state index in [1.54, 1.807) is 0 Å². The van der Waals surface area contributed by atoms with Crippen LogP contribution in [0.4, 0.5) is 0 Å². The number of hydrogen-bond acceptors (Lipinski definition) is 4. The highest BCUT2D eigenvalue weighted by Gasteiger charge is 2.36. The van der Waals surface area contributed by atoms with E-state index in [-0.39, 0.29) is 10.8 Å². The highest BCUT2D eigenvalue weighted by atomic mass is 35.5. The number of furan rings is 1. The van der Waals surface area contributed by atoms with Crippen LogP contribution in [0, 0.1) is 0 Å². The lowest BCUT2D eigenvalue weighted by Crippen LogP contribution is -2.41. The first-order valence-electron chi connectivity index (χ1n) is 4.45. The van der Waals surface area contributed by atoms with Gasteiger partial charge >= 0.3 is 5.97 Å². The molecule has 1 amide bonds. The molecule has 1 aliphatic rings. The molecular formula is C9H8ClNO4S. The summed E-state index contributed by atoms with van der Waals surface area (Å²) >= 11 is 7.07. The van der Waals surface area contributed by atoms with E-state index in [2.05, 4.69) is 0 Å². The molecule has 1 aromatic heterocycles. The molecule has 86 valence electrons. The van der Waals surface area contributed by atoms with Crippen molar-refractivity contribution in [2.45, 2.75) is 6.04 Å². The summed E-state index contributed by atoms with van der Waals surface area (Å²) in [5, 5.41) is 8.93. The number of rotatable bonds is 2. The monoisotopic (exact) mass is 261 g/mol. The quantitative estimate of drug-likeness (QED) is 0.874. The van der Waals surface area contributed by atoms with Crippen molar-refractivity contribution in [1.82, 2.24) is 4.90 Å². The van der Waals surface area contributed by atoms with Gasteiger partial charge in [0.15, 0.2) is 0 Å². The highest BCUT2D eigenvalue weighted by Crippen LogP contribution is 2.26. The van der Waals surface area contributed by atoms with Crippen LogP contribution in [-0.2, 0) is 4.79 Å². The molecule has 7 heteroatoms. The smallest absolute Gasteiger partial charge is 0.327 e. The predicted molar refractivity (Wildman–Crippen MR) is 58.6 cm³/mol. The molecule has 16 heavy (non-hydrogen) atoms. The van der Waals surface area contributed by atoms with Crippen molar-refractivity contribution in [2.75, 3.05) is 11.6 Å². The Morgan fingerprint density at radius 3 is 2.94 bits per heavy atom. The number of carbonyl (C=O) groups is 2. The van der Waals surface area contributed by atoms with Gasteiger partial charge in [-0.25, -0.2) is 4.79 Å². The number of carboxylic acid groups (broad SMARTS) is 1. The van der Waals surface area contributed by atoms with Crippen molar-refractivity contribution in [2.24, 2.45) is 0 Å². The second kappa shape index (κ2) is 4.39. The third kappa shape index (κ3) is 1.90. The SMILES string of the molecule is O=C(O)C1CSCN1C(=O)c1ccoc1Cl. The Morgan fingerprint density at radius 1 is 1.62 bits per heavy atom. The number of carbonyl (C=O) groups excluding carboxylic acids is 1. The summed E-state index contributed by atoms with van der Waals surface area (Å²) in [4.78, 5) is 24.1. The van der Waals surface area contributed by atoms with Gasteiger partial charge in [-0.05, 0) is 17.7 Å². The third-order valence-corrected chi connectivity index (χ3v) is 3.58. The fraction of sp³-hybridized carbons (Fsp3) is 0.333. The minimum absolute atomic E-state index is 0.00830. The molecule has 2 rings (SSSR count). The lowest BCUT2D eigenvalue weighted by molar-refractivity contribution is -0.140. The number of halogens is 1. The van der Waals surface area contributed by atoms with Gasteiger partial charge in [-0.3, -0.25) is 4.79 Å². The lowest BCUT2D eigenvalue weighted by atomic mass is 10.2. The third-order valence-electron chi connectivity index (χ3n) is 2.28. The van der Waals surface area contributed by atoms with Gasteiger partial charge in [-0.1, -0.05) is 0 Å². The summed E-state index contributed by atoms with van der Waals surface area (Å²) in [5.74, 6) is -0.650. The van der Waals surface area contributed by atoms with E-state index in [0.717, 1.165) is 0 Å². The van der Waals surface area contributed by atoms with Gasteiger partial charge in [0, 0.05) is 5.75 Å². The zero-order valence-electron chi connectivity index (χ0n) is 8.05. The van der Waals surface area contributed by atoms with E-state index < -0.39 is 17.9 Å². The molecule has 0 bridgehead atoms. The van der Waals surface area contributed by atoms with Crippen LogP contribution < -0.4 is 0 Å². The van der Waals surface area contributed by atoms with E-state index in [4.69, 9.17) is 21.1 Å². The summed E-state index contributed by atoms with van der Waals surface area (Å²) in [7, 11) is 0. The fourth-order valence-corrected chi connectivity index (χ4v) is 2.79. The Labute approximate surface area is 100 Å². The topological polar surface area (TPSA) is 70.8 Å². The molecule has 0 radical (unpaired) electrons. The van der Waals surface area contributed by atoms with Crippen molar-refractivity contribution in [3.63, 3.8) is 0 Å². The number of hydrogen-bond donors (Lipinski definition) is 1. The first-order chi connectivity index (χ1) is 7.61. The fourth-order valence-electron chi connectivity index (χ4n) is 1.45. The average Bonchev–Trinajstić information content (AvgIpc) is 2.84. The zero-order chi connectivity index (χ0) is 11.7. The van der Waals surface area contributed by atoms with Crippen molar-refractivity contribution in [3.8, 4) is 0 Å². The molecule has 0 spiro atoms. The minimum atomic E-state index is -1.00. The van der Waals surface area contributed by atoms with Gasteiger partial charge in [0.1, 0.15) is 6.04 Å². The van der Waals surface area contributed by atoms with Gasteiger partial charge in [0.25, 0.3) is 5.91 Å². The number of nitrogens with zero attached hydrogens (tertiary/aromatic N) is 1. The van der Waals surface area contributed by atoms with E-state index >= 15 is 0 Å². The molecule has 0 aromatic carbocycles. The van der Waals surface area contributed by atoms with Crippen LogP contribution in [0.5, 0.6) is 0 Å². The Kier molecular flexibility index (Phi) is 3.11. The van der Waals surface area contributed by atoms with Crippen LogP contribution in [0.3, 0.4) is 0 Å². The van der Waals surface area contributed by atoms with Gasteiger partial charge in [0.05, 0.1) is 17.7 Å². The van der Waals surface area contributed by atoms with Crippen molar-refractivity contribution >= 4 is 35.2 Å².